The number of rotatable bonds is 3. The van der Waals surface area contributed by atoms with Gasteiger partial charge in [0.15, 0.2) is 11.1 Å². The summed E-state index contributed by atoms with van der Waals surface area (Å²) in [6.07, 6.45) is -4.31. The Morgan fingerprint density at radius 1 is 1.18 bits per heavy atom. The number of nitrogens with one attached hydrogen (secondary N) is 1. The largest absolute Gasteiger partial charge is 0.453 e. The number of amidine groups is 1. The summed E-state index contributed by atoms with van der Waals surface area (Å²) in [6, 6.07) is 2.73. The molecule has 6 nitrogen and oxygen atoms in total. The average Bonchev–Trinajstić information content (AvgIpc) is 2.66. The van der Waals surface area contributed by atoms with Crippen LogP contribution in [-0.4, -0.2) is 28.4 Å². The molecule has 1 aromatic carbocycles. The quantitative estimate of drug-likeness (QED) is 0.509. The third kappa shape index (κ3) is 4.61. The van der Waals surface area contributed by atoms with Crippen molar-refractivity contribution in [3.05, 3.63) is 58.1 Å². The number of carbonyl (C=O) groups excluding carboxylic acids is 1. The number of ether oxygens (including phenoxy) is 1. The molecule has 0 radical (unpaired) electrons. The maximum atomic E-state index is 15.3. The van der Waals surface area contributed by atoms with Gasteiger partial charge in [-0.05, 0) is 45.0 Å². The Labute approximate surface area is 200 Å². The van der Waals surface area contributed by atoms with E-state index >= 15 is 8.78 Å². The zero-order chi connectivity index (χ0) is 25.0. The molecule has 0 fully saturated rings. The van der Waals surface area contributed by atoms with Crippen molar-refractivity contribution in [2.45, 2.75) is 44.0 Å². The van der Waals surface area contributed by atoms with E-state index in [4.69, 9.17) is 22.1 Å². The minimum Gasteiger partial charge on any atom is -0.453 e. The lowest BCUT2D eigenvalue weighted by Crippen LogP contribution is -2.62. The number of pyridine rings is 1. The summed E-state index contributed by atoms with van der Waals surface area (Å²) in [6.45, 7) is 3.09. The number of alkyl halides is 5. The highest BCUT2D eigenvalue weighted by Gasteiger charge is 2.66. The Balaban J connectivity index is 0.00000408. The van der Waals surface area contributed by atoms with Crippen LogP contribution >= 0.6 is 24.0 Å². The molecule has 1 aliphatic heterocycles. The highest BCUT2D eigenvalue weighted by atomic mass is 35.5. The summed E-state index contributed by atoms with van der Waals surface area (Å²) < 4.78 is 88.4. The molecule has 34 heavy (non-hydrogen) atoms. The van der Waals surface area contributed by atoms with Crippen LogP contribution in [0.5, 0.6) is 0 Å². The van der Waals surface area contributed by atoms with Crippen molar-refractivity contribution in [1.82, 2.24) is 4.98 Å². The lowest BCUT2D eigenvalue weighted by molar-refractivity contribution is -0.207. The number of nitrogens with zero attached hydrogens (tertiary/aromatic N) is 2. The zero-order valence-electron chi connectivity index (χ0n) is 17.7. The predicted molar refractivity (Wildman–Crippen MR) is 115 cm³/mol. The summed E-state index contributed by atoms with van der Waals surface area (Å²) >= 11 is 5.75. The number of hydrogen-bond acceptors (Lipinski definition) is 5. The molecule has 3 rings (SSSR count). The van der Waals surface area contributed by atoms with Gasteiger partial charge in [0.25, 0.3) is 11.9 Å². The molecule has 0 spiro atoms. The van der Waals surface area contributed by atoms with Gasteiger partial charge in [0.2, 0.25) is 0 Å². The second kappa shape index (κ2) is 8.81. The molecule has 0 unspecified atom stereocenters. The number of carbonyl (C=O) groups is 1. The van der Waals surface area contributed by atoms with E-state index in [-0.39, 0.29) is 18.1 Å². The predicted octanol–water partition coefficient (Wildman–Crippen LogP) is 5.54. The van der Waals surface area contributed by atoms with Gasteiger partial charge in [-0.3, -0.25) is 4.79 Å². The summed E-state index contributed by atoms with van der Waals surface area (Å²) in [4.78, 5) is 19.6. The highest BCUT2D eigenvalue weighted by Crippen LogP contribution is 2.52. The molecule has 3 N–H and O–H groups in total. The fraction of sp³-hybridized carbons (Fsp3) is 0.350. The van der Waals surface area contributed by atoms with E-state index in [1.165, 1.54) is 0 Å². The Bertz CT molecular complexity index is 1160. The zero-order valence-corrected chi connectivity index (χ0v) is 19.3. The maximum absolute atomic E-state index is 15.3. The first-order valence-electron chi connectivity index (χ1n) is 9.26. The lowest BCUT2D eigenvalue weighted by Gasteiger charge is -2.46. The Morgan fingerprint density at radius 2 is 1.79 bits per heavy atom. The van der Waals surface area contributed by atoms with E-state index in [0.717, 1.165) is 39.0 Å². The number of anilines is 1. The van der Waals surface area contributed by atoms with Crippen LogP contribution in [0.2, 0.25) is 5.02 Å². The number of aromatic nitrogens is 1. The molecular formula is C20H18Cl2F6N4O2. The molecular weight excluding hydrogens is 513 g/mol. The minimum absolute atomic E-state index is 0. The number of hydrogen-bond donors (Lipinski definition) is 2. The number of halogens is 8. The van der Waals surface area contributed by atoms with Gasteiger partial charge in [0, 0.05) is 17.4 Å². The van der Waals surface area contributed by atoms with Crippen LogP contribution in [0, 0.1) is 5.82 Å². The number of nitrogens with two attached hydrogens (primary N) is 1. The minimum atomic E-state index is -4.72. The smallest absolute Gasteiger partial charge is 0.417 e. The van der Waals surface area contributed by atoms with Gasteiger partial charge in [-0.1, -0.05) is 11.6 Å². The Kier molecular flexibility index (Phi) is 7.13. The van der Waals surface area contributed by atoms with E-state index in [1.54, 1.807) is 0 Å². The molecule has 1 aromatic heterocycles. The van der Waals surface area contributed by atoms with Gasteiger partial charge in [-0.2, -0.15) is 22.0 Å². The first-order valence-corrected chi connectivity index (χ1v) is 9.63. The van der Waals surface area contributed by atoms with Crippen LogP contribution in [-0.2, 0) is 16.5 Å². The van der Waals surface area contributed by atoms with E-state index < -0.39 is 62.8 Å². The van der Waals surface area contributed by atoms with Gasteiger partial charge in [-0.15, -0.1) is 12.4 Å². The van der Waals surface area contributed by atoms with Crippen LogP contribution in [0.3, 0.4) is 0 Å². The third-order valence-corrected chi connectivity index (χ3v) is 5.48. The molecule has 0 bridgehead atoms. The molecule has 1 amide bonds. The van der Waals surface area contributed by atoms with Gasteiger partial charge < -0.3 is 15.8 Å². The maximum Gasteiger partial charge on any atom is 0.417 e. The topological polar surface area (TPSA) is 89.6 Å². The van der Waals surface area contributed by atoms with Crippen molar-refractivity contribution < 1.29 is 35.9 Å². The fourth-order valence-electron chi connectivity index (χ4n) is 3.38. The van der Waals surface area contributed by atoms with Gasteiger partial charge >= 0.3 is 12.1 Å². The van der Waals surface area contributed by atoms with Crippen LogP contribution in [0.1, 0.15) is 42.4 Å². The molecule has 2 aromatic rings. The number of benzene rings is 1. The first-order chi connectivity index (χ1) is 15.0. The summed E-state index contributed by atoms with van der Waals surface area (Å²) in [5.74, 6) is -5.85. The van der Waals surface area contributed by atoms with Crippen molar-refractivity contribution in [1.29, 1.82) is 0 Å². The molecule has 1 atom stereocenters. The summed E-state index contributed by atoms with van der Waals surface area (Å²) in [7, 11) is 0. The third-order valence-electron chi connectivity index (χ3n) is 5.19. The SMILES string of the molecule is CC1(C)OC(N)=N[C@](C)(c2cc(NC(=O)c3ncc(C(F)(F)F)cc3Cl)ccc2F)C1(F)F.Cl. The van der Waals surface area contributed by atoms with E-state index in [1.807, 2.05) is 0 Å². The van der Waals surface area contributed by atoms with E-state index in [0.29, 0.717) is 12.3 Å². The number of amides is 1. The highest BCUT2D eigenvalue weighted by molar-refractivity contribution is 6.34. The van der Waals surface area contributed by atoms with Gasteiger partial charge in [-0.25, -0.2) is 14.4 Å². The Hall–Kier alpha value is -2.73. The van der Waals surface area contributed by atoms with Crippen molar-refractivity contribution in [3.8, 4) is 0 Å². The lowest BCUT2D eigenvalue weighted by atomic mass is 9.77. The van der Waals surface area contributed by atoms with Gasteiger partial charge in [0.1, 0.15) is 11.5 Å². The van der Waals surface area contributed by atoms with Crippen LogP contribution in [0.4, 0.5) is 32.0 Å². The van der Waals surface area contributed by atoms with Crippen LogP contribution in [0.15, 0.2) is 35.5 Å². The van der Waals surface area contributed by atoms with Crippen molar-refractivity contribution in [2.75, 3.05) is 5.32 Å². The van der Waals surface area contributed by atoms with Crippen LogP contribution in [0.25, 0.3) is 0 Å². The number of aliphatic imine (C=N–C) groups is 1. The van der Waals surface area contributed by atoms with Crippen molar-refractivity contribution >= 4 is 41.6 Å². The Morgan fingerprint density at radius 3 is 2.35 bits per heavy atom. The standard InChI is InChI=1S/C20H17ClF6N4O2.ClH/c1-17(2)20(26,27)18(3,31-16(28)33-17)11-7-10(4-5-13(11)22)30-15(32)14-12(21)6-9(8-29-14)19(23,24)25;/h4-8H,1-3H3,(H2,28,31)(H,30,32);1H/t18-;/m1./s1. The fourth-order valence-corrected chi connectivity index (χ4v) is 3.63. The average molecular weight is 531 g/mol. The molecule has 2 heterocycles. The molecule has 14 heteroatoms. The molecule has 0 saturated carbocycles. The van der Waals surface area contributed by atoms with Gasteiger partial charge in [0.05, 0.1) is 10.6 Å². The second-order valence-electron chi connectivity index (χ2n) is 7.91. The van der Waals surface area contributed by atoms with Crippen molar-refractivity contribution in [2.24, 2.45) is 10.7 Å². The normalized spacial score (nSPS) is 21.1. The molecule has 0 saturated heterocycles. The van der Waals surface area contributed by atoms with E-state index in [2.05, 4.69) is 15.3 Å². The second-order valence-corrected chi connectivity index (χ2v) is 8.32. The van der Waals surface area contributed by atoms with Crippen LogP contribution < -0.4 is 11.1 Å². The molecule has 0 aliphatic carbocycles. The summed E-state index contributed by atoms with van der Waals surface area (Å²) in [5.41, 5.74) is -1.58. The first kappa shape index (κ1) is 27.5. The molecule has 1 aliphatic rings. The van der Waals surface area contributed by atoms with Crippen molar-refractivity contribution in [3.63, 3.8) is 0 Å². The molecule has 186 valence electrons. The monoisotopic (exact) mass is 530 g/mol. The van der Waals surface area contributed by atoms with E-state index in [9.17, 15) is 22.4 Å². The summed E-state index contributed by atoms with van der Waals surface area (Å²) in [5, 5.41) is 1.66.